The molecule has 94 valence electrons. The van der Waals surface area contributed by atoms with Gasteiger partial charge in [-0.25, -0.2) is 8.42 Å². The van der Waals surface area contributed by atoms with Gasteiger partial charge in [0.05, 0.1) is 0 Å². The van der Waals surface area contributed by atoms with Crippen LogP contribution in [0.3, 0.4) is 0 Å². The van der Waals surface area contributed by atoms with E-state index < -0.39 is 15.2 Å². The first kappa shape index (κ1) is 12.5. The minimum absolute atomic E-state index is 0.406. The van der Waals surface area contributed by atoms with Crippen LogP contribution in [0.1, 0.15) is 5.56 Å². The van der Waals surface area contributed by atoms with Crippen molar-refractivity contribution in [2.45, 2.75) is 11.9 Å². The first-order chi connectivity index (χ1) is 8.07. The quantitative estimate of drug-likeness (QED) is 0.851. The molecule has 1 aromatic rings. The summed E-state index contributed by atoms with van der Waals surface area (Å²) in [6, 6.07) is 9.98. The first-order valence-corrected chi connectivity index (χ1v) is 7.70. The van der Waals surface area contributed by atoms with Gasteiger partial charge in [0.15, 0.2) is 9.84 Å². The lowest BCUT2D eigenvalue weighted by molar-refractivity contribution is 0.203. The molecule has 1 heterocycles. The van der Waals surface area contributed by atoms with Gasteiger partial charge in [-0.15, -0.1) is 0 Å². The van der Waals surface area contributed by atoms with Crippen LogP contribution in [0, 0.1) is 0 Å². The van der Waals surface area contributed by atoms with Crippen molar-refractivity contribution in [1.82, 2.24) is 10.2 Å². The van der Waals surface area contributed by atoms with Crippen molar-refractivity contribution in [2.75, 3.05) is 25.9 Å². The largest absolute Gasteiger partial charge is 0.313 e. The molecule has 4 nitrogen and oxygen atoms in total. The van der Waals surface area contributed by atoms with Crippen LogP contribution < -0.4 is 5.32 Å². The van der Waals surface area contributed by atoms with Crippen molar-refractivity contribution < 1.29 is 8.42 Å². The number of hydrogen-bond donors (Lipinski definition) is 1. The van der Waals surface area contributed by atoms with Crippen LogP contribution >= 0.6 is 0 Å². The van der Waals surface area contributed by atoms with Crippen molar-refractivity contribution >= 4 is 9.84 Å². The molecule has 1 fully saturated rings. The Morgan fingerprint density at radius 3 is 2.71 bits per heavy atom. The molecule has 2 rings (SSSR count). The molecule has 0 bridgehead atoms. The highest BCUT2D eigenvalue weighted by molar-refractivity contribution is 7.91. The number of nitrogens with one attached hydrogen (secondary N) is 1. The maximum atomic E-state index is 11.7. The average Bonchev–Trinajstić information content (AvgIpc) is 2.30. The highest BCUT2D eigenvalue weighted by Crippen LogP contribution is 2.13. The number of rotatable bonds is 3. The fourth-order valence-corrected chi connectivity index (χ4v) is 3.28. The zero-order valence-corrected chi connectivity index (χ0v) is 10.8. The first-order valence-electron chi connectivity index (χ1n) is 5.75. The lowest BCUT2D eigenvalue weighted by Crippen LogP contribution is -2.53. The summed E-state index contributed by atoms with van der Waals surface area (Å²) >= 11 is 0. The number of benzene rings is 1. The second-order valence-corrected chi connectivity index (χ2v) is 6.65. The molecule has 1 aromatic carbocycles. The summed E-state index contributed by atoms with van der Waals surface area (Å²) in [4.78, 5) is 2.03. The molecule has 1 aliphatic heterocycles. The maximum Gasteiger partial charge on any atom is 0.164 e. The van der Waals surface area contributed by atoms with Gasteiger partial charge in [-0.1, -0.05) is 30.3 Å². The van der Waals surface area contributed by atoms with Crippen LogP contribution in [-0.2, 0) is 16.4 Å². The molecule has 0 spiro atoms. The fraction of sp³-hybridized carbons (Fsp3) is 0.500. The van der Waals surface area contributed by atoms with E-state index in [4.69, 9.17) is 0 Å². The molecule has 1 atom stereocenters. The Hall–Kier alpha value is -0.910. The Bertz CT molecular complexity index is 459. The molecule has 5 heteroatoms. The number of nitrogens with zero attached hydrogens (tertiary/aromatic N) is 1. The van der Waals surface area contributed by atoms with Crippen LogP contribution in [0.15, 0.2) is 30.3 Å². The van der Waals surface area contributed by atoms with E-state index in [1.165, 1.54) is 6.26 Å². The Balaban J connectivity index is 2.13. The molecular weight excluding hydrogens is 236 g/mol. The molecule has 1 N–H and O–H groups in total. The van der Waals surface area contributed by atoms with E-state index >= 15 is 0 Å². The Morgan fingerprint density at radius 1 is 1.35 bits per heavy atom. The minimum Gasteiger partial charge on any atom is -0.313 e. The molecule has 0 amide bonds. The van der Waals surface area contributed by atoms with Gasteiger partial charge < -0.3 is 5.32 Å². The second kappa shape index (κ2) is 5.16. The van der Waals surface area contributed by atoms with E-state index in [0.29, 0.717) is 13.1 Å². The van der Waals surface area contributed by atoms with Crippen LogP contribution in [0.5, 0.6) is 0 Å². The van der Waals surface area contributed by atoms with Gasteiger partial charge in [-0.2, -0.15) is 0 Å². The normalized spacial score (nSPS) is 22.5. The lowest BCUT2D eigenvalue weighted by Gasteiger charge is -2.34. The van der Waals surface area contributed by atoms with Gasteiger partial charge in [0.1, 0.15) is 5.37 Å². The third-order valence-electron chi connectivity index (χ3n) is 3.02. The van der Waals surface area contributed by atoms with Gasteiger partial charge in [0.2, 0.25) is 0 Å². The molecule has 0 aromatic heterocycles. The van der Waals surface area contributed by atoms with Crippen LogP contribution in [0.25, 0.3) is 0 Å². The van der Waals surface area contributed by atoms with Crippen molar-refractivity contribution in [2.24, 2.45) is 0 Å². The molecule has 1 saturated heterocycles. The van der Waals surface area contributed by atoms with E-state index in [-0.39, 0.29) is 0 Å². The van der Waals surface area contributed by atoms with Gasteiger partial charge in [0, 0.05) is 32.4 Å². The molecular formula is C12H18N2O2S. The smallest absolute Gasteiger partial charge is 0.164 e. The minimum atomic E-state index is -3.03. The summed E-state index contributed by atoms with van der Waals surface area (Å²) in [5, 5.41) is 2.73. The Morgan fingerprint density at radius 2 is 2.06 bits per heavy atom. The van der Waals surface area contributed by atoms with E-state index in [0.717, 1.165) is 18.7 Å². The van der Waals surface area contributed by atoms with Gasteiger partial charge >= 0.3 is 0 Å². The van der Waals surface area contributed by atoms with Crippen LogP contribution in [-0.4, -0.2) is 44.6 Å². The molecule has 0 saturated carbocycles. The second-order valence-electron chi connectivity index (χ2n) is 4.44. The highest BCUT2D eigenvalue weighted by atomic mass is 32.2. The lowest BCUT2D eigenvalue weighted by atomic mass is 10.2. The highest BCUT2D eigenvalue weighted by Gasteiger charge is 2.30. The van der Waals surface area contributed by atoms with Gasteiger partial charge in [0.25, 0.3) is 0 Å². The third-order valence-corrected chi connectivity index (χ3v) is 4.48. The molecule has 0 unspecified atom stereocenters. The van der Waals surface area contributed by atoms with E-state index in [1.54, 1.807) is 0 Å². The Labute approximate surface area is 103 Å². The predicted molar refractivity (Wildman–Crippen MR) is 68.4 cm³/mol. The topological polar surface area (TPSA) is 49.4 Å². The molecule has 0 aliphatic carbocycles. The van der Waals surface area contributed by atoms with Crippen molar-refractivity contribution in [3.8, 4) is 0 Å². The van der Waals surface area contributed by atoms with Crippen LogP contribution in [0.4, 0.5) is 0 Å². The van der Waals surface area contributed by atoms with E-state index in [9.17, 15) is 8.42 Å². The SMILES string of the molecule is CS(=O)(=O)[C@@H]1CNCCN1Cc1ccccc1. The van der Waals surface area contributed by atoms with E-state index in [2.05, 4.69) is 5.32 Å². The third kappa shape index (κ3) is 3.28. The molecule has 17 heavy (non-hydrogen) atoms. The van der Waals surface area contributed by atoms with Crippen LogP contribution in [0.2, 0.25) is 0 Å². The number of hydrogen-bond acceptors (Lipinski definition) is 4. The predicted octanol–water partition coefficient (Wildman–Crippen LogP) is 0.463. The van der Waals surface area contributed by atoms with E-state index in [1.807, 2.05) is 35.2 Å². The van der Waals surface area contributed by atoms with Gasteiger partial charge in [-0.05, 0) is 5.56 Å². The van der Waals surface area contributed by atoms with Crippen molar-refractivity contribution in [3.05, 3.63) is 35.9 Å². The Kier molecular flexibility index (Phi) is 3.81. The summed E-state index contributed by atoms with van der Waals surface area (Å²) in [6.45, 7) is 2.83. The monoisotopic (exact) mass is 254 g/mol. The summed E-state index contributed by atoms with van der Waals surface area (Å²) in [6.07, 6.45) is 1.31. The summed E-state index contributed by atoms with van der Waals surface area (Å²) in [5.41, 5.74) is 1.16. The molecule has 1 aliphatic rings. The molecule has 0 radical (unpaired) electrons. The van der Waals surface area contributed by atoms with Crippen molar-refractivity contribution in [1.29, 1.82) is 0 Å². The summed E-state index contributed by atoms with van der Waals surface area (Å²) in [5.74, 6) is 0. The summed E-state index contributed by atoms with van der Waals surface area (Å²) < 4.78 is 23.4. The summed E-state index contributed by atoms with van der Waals surface area (Å²) in [7, 11) is -3.03. The zero-order valence-electron chi connectivity index (χ0n) is 9.96. The van der Waals surface area contributed by atoms with Gasteiger partial charge in [-0.3, -0.25) is 4.90 Å². The number of piperazine rings is 1. The zero-order chi connectivity index (χ0) is 12.3. The standard InChI is InChI=1S/C12H18N2O2S/c1-17(15,16)12-9-13-7-8-14(12)10-11-5-3-2-4-6-11/h2-6,12-13H,7-10H2,1H3/t12-/m1/s1. The fourth-order valence-electron chi connectivity index (χ4n) is 2.14. The average molecular weight is 254 g/mol. The number of sulfone groups is 1. The van der Waals surface area contributed by atoms with Crippen molar-refractivity contribution in [3.63, 3.8) is 0 Å². The maximum absolute atomic E-state index is 11.7.